The fraction of sp³-hybridized carbons (Fsp3) is 0.0455. The van der Waals surface area contributed by atoms with Gasteiger partial charge in [-0.05, 0) is 61.1 Å². The molecule has 3 aromatic carbocycles. The molecule has 0 aliphatic heterocycles. The Morgan fingerprint density at radius 3 is 2.62 bits per heavy atom. The third kappa shape index (κ3) is 4.13. The topological polar surface area (TPSA) is 67.2 Å². The van der Waals surface area contributed by atoms with Gasteiger partial charge in [0.05, 0.1) is 10.6 Å². The first-order valence-corrected chi connectivity index (χ1v) is 9.63. The number of benzene rings is 3. The minimum Gasteiger partial charge on any atom is -0.436 e. The predicted octanol–water partition coefficient (Wildman–Crippen LogP) is 5.58. The van der Waals surface area contributed by atoms with Crippen molar-refractivity contribution in [2.45, 2.75) is 6.92 Å². The summed E-state index contributed by atoms with van der Waals surface area (Å²) in [5.41, 5.74) is 4.15. The SMILES string of the molecule is Cc1ccccc1C(=O)NC(=S)Nc1ccc(Cl)c(-c2nc3ccccc3o2)c1. The minimum atomic E-state index is -0.270. The Kier molecular flexibility index (Phi) is 5.29. The molecule has 144 valence electrons. The number of thiocarbonyl (C=S) groups is 1. The molecular weight excluding hydrogens is 406 g/mol. The average molecular weight is 422 g/mol. The number of aromatic nitrogens is 1. The minimum absolute atomic E-state index is 0.184. The zero-order valence-corrected chi connectivity index (χ0v) is 17.0. The average Bonchev–Trinajstić information content (AvgIpc) is 3.13. The van der Waals surface area contributed by atoms with Gasteiger partial charge in [-0.15, -0.1) is 0 Å². The van der Waals surface area contributed by atoms with Crippen LogP contribution in [-0.2, 0) is 0 Å². The Hall–Kier alpha value is -3.22. The zero-order valence-electron chi connectivity index (χ0n) is 15.4. The Bertz CT molecular complexity index is 1200. The van der Waals surface area contributed by atoms with Crippen LogP contribution in [0.25, 0.3) is 22.6 Å². The molecule has 2 N–H and O–H groups in total. The first-order valence-electron chi connectivity index (χ1n) is 8.85. The van der Waals surface area contributed by atoms with E-state index in [2.05, 4.69) is 15.6 Å². The van der Waals surface area contributed by atoms with E-state index >= 15 is 0 Å². The van der Waals surface area contributed by atoms with Crippen molar-refractivity contribution >= 4 is 51.6 Å². The van der Waals surface area contributed by atoms with E-state index in [1.807, 2.05) is 49.4 Å². The van der Waals surface area contributed by atoms with Crippen molar-refractivity contribution in [3.63, 3.8) is 0 Å². The van der Waals surface area contributed by atoms with E-state index in [9.17, 15) is 4.79 Å². The number of hydrogen-bond acceptors (Lipinski definition) is 4. The summed E-state index contributed by atoms with van der Waals surface area (Å²) in [5, 5.41) is 6.38. The van der Waals surface area contributed by atoms with Gasteiger partial charge < -0.3 is 9.73 Å². The third-order valence-corrected chi connectivity index (χ3v) is 4.90. The summed E-state index contributed by atoms with van der Waals surface area (Å²) >= 11 is 11.6. The van der Waals surface area contributed by atoms with Gasteiger partial charge in [0.2, 0.25) is 5.89 Å². The molecule has 0 unspecified atom stereocenters. The quantitative estimate of drug-likeness (QED) is 0.422. The number of hydrogen-bond donors (Lipinski definition) is 2. The van der Waals surface area contributed by atoms with Gasteiger partial charge in [0.1, 0.15) is 5.52 Å². The van der Waals surface area contributed by atoms with Crippen LogP contribution in [0.3, 0.4) is 0 Å². The normalized spacial score (nSPS) is 10.7. The van der Waals surface area contributed by atoms with Crippen molar-refractivity contribution in [3.8, 4) is 11.5 Å². The highest BCUT2D eigenvalue weighted by atomic mass is 35.5. The maximum absolute atomic E-state index is 12.4. The van der Waals surface area contributed by atoms with Crippen LogP contribution in [0.2, 0.25) is 5.02 Å². The highest BCUT2D eigenvalue weighted by molar-refractivity contribution is 7.80. The number of amides is 1. The van der Waals surface area contributed by atoms with E-state index in [1.165, 1.54) is 0 Å². The monoisotopic (exact) mass is 421 g/mol. The number of fused-ring (bicyclic) bond motifs is 1. The fourth-order valence-corrected chi connectivity index (χ4v) is 3.32. The lowest BCUT2D eigenvalue weighted by atomic mass is 10.1. The van der Waals surface area contributed by atoms with E-state index in [4.69, 9.17) is 28.2 Å². The summed E-state index contributed by atoms with van der Waals surface area (Å²) in [6.45, 7) is 1.87. The number of nitrogens with one attached hydrogen (secondary N) is 2. The van der Waals surface area contributed by atoms with Crippen LogP contribution in [0.1, 0.15) is 15.9 Å². The van der Waals surface area contributed by atoms with Gasteiger partial charge >= 0.3 is 0 Å². The van der Waals surface area contributed by atoms with Crippen LogP contribution in [0, 0.1) is 6.92 Å². The molecule has 0 radical (unpaired) electrons. The molecule has 4 rings (SSSR count). The maximum Gasteiger partial charge on any atom is 0.257 e. The van der Waals surface area contributed by atoms with Crippen molar-refractivity contribution in [2.75, 3.05) is 5.32 Å². The summed E-state index contributed by atoms with van der Waals surface area (Å²) in [6.07, 6.45) is 0. The van der Waals surface area contributed by atoms with Crippen LogP contribution < -0.4 is 10.6 Å². The lowest BCUT2D eigenvalue weighted by Gasteiger charge is -2.12. The Morgan fingerprint density at radius 2 is 1.83 bits per heavy atom. The van der Waals surface area contributed by atoms with Crippen molar-refractivity contribution in [1.29, 1.82) is 0 Å². The second-order valence-corrected chi connectivity index (χ2v) is 7.22. The van der Waals surface area contributed by atoms with Crippen LogP contribution in [0.15, 0.2) is 71.1 Å². The maximum atomic E-state index is 12.4. The molecule has 0 bridgehead atoms. The van der Waals surface area contributed by atoms with E-state index in [0.717, 1.165) is 11.1 Å². The van der Waals surface area contributed by atoms with Gasteiger partial charge in [0.15, 0.2) is 10.7 Å². The standard InChI is InChI=1S/C22H16ClN3O2S/c1-13-6-2-3-7-15(13)20(27)26-22(29)24-14-10-11-17(23)16(12-14)21-25-18-8-4-5-9-19(18)28-21/h2-12H,1H3,(H2,24,26,27,29). The lowest BCUT2D eigenvalue weighted by Crippen LogP contribution is -2.34. The van der Waals surface area contributed by atoms with E-state index in [1.54, 1.807) is 24.3 Å². The highest BCUT2D eigenvalue weighted by Crippen LogP contribution is 2.32. The first-order chi connectivity index (χ1) is 14.0. The summed E-state index contributed by atoms with van der Waals surface area (Å²) in [6, 6.07) is 20.1. The summed E-state index contributed by atoms with van der Waals surface area (Å²) < 4.78 is 5.80. The molecule has 5 nitrogen and oxygen atoms in total. The Morgan fingerprint density at radius 1 is 1.07 bits per heavy atom. The van der Waals surface area contributed by atoms with Crippen LogP contribution in [0.4, 0.5) is 5.69 Å². The molecule has 0 atom stereocenters. The predicted molar refractivity (Wildman–Crippen MR) is 119 cm³/mol. The van der Waals surface area contributed by atoms with Gasteiger partial charge in [-0.25, -0.2) is 4.98 Å². The molecule has 0 aliphatic rings. The number of aryl methyl sites for hydroxylation is 1. The number of para-hydroxylation sites is 2. The van der Waals surface area contributed by atoms with E-state index in [0.29, 0.717) is 33.3 Å². The number of halogens is 1. The number of anilines is 1. The first kappa shape index (κ1) is 19.1. The molecule has 4 aromatic rings. The van der Waals surface area contributed by atoms with Crippen LogP contribution >= 0.6 is 23.8 Å². The summed E-state index contributed by atoms with van der Waals surface area (Å²) in [4.78, 5) is 16.9. The van der Waals surface area contributed by atoms with Crippen molar-refractivity contribution in [2.24, 2.45) is 0 Å². The molecule has 0 spiro atoms. The second-order valence-electron chi connectivity index (χ2n) is 6.40. The number of nitrogens with zero attached hydrogens (tertiary/aromatic N) is 1. The lowest BCUT2D eigenvalue weighted by molar-refractivity contribution is 0.0977. The number of oxazole rings is 1. The molecule has 0 saturated carbocycles. The van der Waals surface area contributed by atoms with Crippen molar-refractivity contribution < 1.29 is 9.21 Å². The number of carbonyl (C=O) groups is 1. The van der Waals surface area contributed by atoms with Gasteiger partial charge in [0.25, 0.3) is 5.91 Å². The van der Waals surface area contributed by atoms with E-state index in [-0.39, 0.29) is 11.0 Å². The van der Waals surface area contributed by atoms with Crippen LogP contribution in [-0.4, -0.2) is 16.0 Å². The molecule has 1 heterocycles. The highest BCUT2D eigenvalue weighted by Gasteiger charge is 2.14. The van der Waals surface area contributed by atoms with Gasteiger partial charge in [-0.3, -0.25) is 10.1 Å². The third-order valence-electron chi connectivity index (χ3n) is 4.37. The fourth-order valence-electron chi connectivity index (χ4n) is 2.91. The summed E-state index contributed by atoms with van der Waals surface area (Å²) in [5.74, 6) is 0.142. The van der Waals surface area contributed by atoms with Gasteiger partial charge in [-0.2, -0.15) is 0 Å². The number of rotatable bonds is 3. The molecule has 0 saturated heterocycles. The molecule has 0 aliphatic carbocycles. The zero-order chi connectivity index (χ0) is 20.4. The molecule has 0 fully saturated rings. The van der Waals surface area contributed by atoms with E-state index < -0.39 is 0 Å². The second kappa shape index (κ2) is 8.03. The molecular formula is C22H16ClN3O2S. The van der Waals surface area contributed by atoms with Gasteiger partial charge in [-0.1, -0.05) is 41.9 Å². The molecule has 1 amide bonds. The number of carbonyl (C=O) groups excluding carboxylic acids is 1. The van der Waals surface area contributed by atoms with Gasteiger partial charge in [0, 0.05) is 11.3 Å². The van der Waals surface area contributed by atoms with Crippen molar-refractivity contribution in [3.05, 3.63) is 82.9 Å². The largest absolute Gasteiger partial charge is 0.436 e. The van der Waals surface area contributed by atoms with Crippen LogP contribution in [0.5, 0.6) is 0 Å². The molecule has 7 heteroatoms. The summed E-state index contributed by atoms with van der Waals surface area (Å²) in [7, 11) is 0. The molecule has 1 aromatic heterocycles. The smallest absolute Gasteiger partial charge is 0.257 e. The Labute approximate surface area is 177 Å². The van der Waals surface area contributed by atoms with Crippen molar-refractivity contribution in [1.82, 2.24) is 10.3 Å². The Balaban J connectivity index is 1.53. The molecule has 29 heavy (non-hydrogen) atoms.